The van der Waals surface area contributed by atoms with Gasteiger partial charge < -0.3 is 4.74 Å². The average Bonchev–Trinajstić information content (AvgIpc) is 2.98. The van der Waals surface area contributed by atoms with Crippen molar-refractivity contribution >= 4 is 5.97 Å². The van der Waals surface area contributed by atoms with Crippen LogP contribution in [0.3, 0.4) is 0 Å². The van der Waals surface area contributed by atoms with Crippen molar-refractivity contribution in [3.05, 3.63) is 29.6 Å². The van der Waals surface area contributed by atoms with Gasteiger partial charge in [0.1, 0.15) is 0 Å². The van der Waals surface area contributed by atoms with Crippen LogP contribution in [0.15, 0.2) is 18.3 Å². The Bertz CT molecular complexity index is 345. The molecule has 14 heavy (non-hydrogen) atoms. The Kier molecular flexibility index (Phi) is 2.23. The third-order valence-electron chi connectivity index (χ3n) is 2.61. The van der Waals surface area contributed by atoms with Gasteiger partial charge in [0.15, 0.2) is 0 Å². The highest BCUT2D eigenvalue weighted by molar-refractivity contribution is 5.77. The predicted molar refractivity (Wildman–Crippen MR) is 51.8 cm³/mol. The van der Waals surface area contributed by atoms with Gasteiger partial charge in [-0.05, 0) is 25.0 Å². The van der Waals surface area contributed by atoms with Gasteiger partial charge in [0.05, 0.1) is 13.0 Å². The van der Waals surface area contributed by atoms with Gasteiger partial charge in [-0.3, -0.25) is 9.78 Å². The molecule has 3 nitrogen and oxygen atoms in total. The minimum absolute atomic E-state index is 0.0372. The second-order valence-electron chi connectivity index (χ2n) is 3.73. The maximum Gasteiger partial charge on any atom is 0.309 e. The number of methoxy groups -OCH3 is 1. The van der Waals surface area contributed by atoms with Crippen molar-refractivity contribution in [1.82, 2.24) is 4.98 Å². The second-order valence-corrected chi connectivity index (χ2v) is 3.73. The molecular weight excluding hydrogens is 178 g/mol. The summed E-state index contributed by atoms with van der Waals surface area (Å²) in [6.07, 6.45) is 2.71. The zero-order valence-electron chi connectivity index (χ0n) is 8.36. The van der Waals surface area contributed by atoms with E-state index in [-0.39, 0.29) is 17.8 Å². The van der Waals surface area contributed by atoms with Crippen molar-refractivity contribution in [2.24, 2.45) is 5.92 Å². The number of pyridine rings is 1. The van der Waals surface area contributed by atoms with Crippen LogP contribution in [0.4, 0.5) is 0 Å². The van der Waals surface area contributed by atoms with Gasteiger partial charge in [-0.25, -0.2) is 0 Å². The molecule has 3 heteroatoms. The molecule has 0 saturated heterocycles. The first-order valence-corrected chi connectivity index (χ1v) is 4.72. The summed E-state index contributed by atoms with van der Waals surface area (Å²) in [5.41, 5.74) is 2.15. The molecule has 1 aromatic rings. The molecule has 0 bridgehead atoms. The number of nitrogens with zero attached hydrogens (tertiary/aromatic N) is 1. The van der Waals surface area contributed by atoms with Crippen molar-refractivity contribution in [3.8, 4) is 0 Å². The van der Waals surface area contributed by atoms with Crippen LogP contribution in [-0.2, 0) is 9.53 Å². The number of ether oxygens (including phenoxy) is 1. The number of carbonyl (C=O) groups is 1. The molecule has 0 amide bonds. The molecule has 1 saturated carbocycles. The van der Waals surface area contributed by atoms with Crippen molar-refractivity contribution in [2.45, 2.75) is 19.3 Å². The van der Waals surface area contributed by atoms with Crippen molar-refractivity contribution in [3.63, 3.8) is 0 Å². The third-order valence-corrected chi connectivity index (χ3v) is 2.61. The zero-order chi connectivity index (χ0) is 10.1. The monoisotopic (exact) mass is 191 g/mol. The Morgan fingerprint density at radius 3 is 2.93 bits per heavy atom. The van der Waals surface area contributed by atoms with E-state index in [9.17, 15) is 4.79 Å². The SMILES string of the molecule is COC(=O)[C@H]1CC1c1ccc(C)cn1. The minimum atomic E-state index is -0.114. The molecule has 74 valence electrons. The Labute approximate surface area is 83.1 Å². The zero-order valence-corrected chi connectivity index (χ0v) is 8.36. The first kappa shape index (κ1) is 9.19. The van der Waals surface area contributed by atoms with Gasteiger partial charge in [-0.2, -0.15) is 0 Å². The maximum absolute atomic E-state index is 11.2. The van der Waals surface area contributed by atoms with E-state index in [4.69, 9.17) is 0 Å². The fourth-order valence-electron chi connectivity index (χ4n) is 1.63. The fourth-order valence-corrected chi connectivity index (χ4v) is 1.63. The third kappa shape index (κ3) is 1.62. The fraction of sp³-hybridized carbons (Fsp3) is 0.455. The van der Waals surface area contributed by atoms with E-state index in [1.165, 1.54) is 7.11 Å². The van der Waals surface area contributed by atoms with Gasteiger partial charge in [-0.1, -0.05) is 6.07 Å². The van der Waals surface area contributed by atoms with Crippen molar-refractivity contribution in [2.75, 3.05) is 7.11 Å². The summed E-state index contributed by atoms with van der Waals surface area (Å²) in [7, 11) is 1.43. The number of carbonyl (C=O) groups excluding carboxylic acids is 1. The number of hydrogen-bond donors (Lipinski definition) is 0. The van der Waals surface area contributed by atoms with E-state index in [0.717, 1.165) is 17.7 Å². The van der Waals surface area contributed by atoms with Crippen LogP contribution >= 0.6 is 0 Å². The Balaban J connectivity index is 2.06. The highest BCUT2D eigenvalue weighted by atomic mass is 16.5. The number of aryl methyl sites for hydroxylation is 1. The largest absolute Gasteiger partial charge is 0.469 e. The summed E-state index contributed by atoms with van der Waals surface area (Å²) in [5.74, 6) is 0.204. The van der Waals surface area contributed by atoms with Crippen LogP contribution in [0.5, 0.6) is 0 Å². The highest BCUT2D eigenvalue weighted by Crippen LogP contribution is 2.47. The molecule has 0 aliphatic heterocycles. The standard InChI is InChI=1S/C11H13NO2/c1-7-3-4-10(12-6-7)8-5-9(8)11(13)14-2/h3-4,6,8-9H,5H2,1-2H3/t8?,9-/m0/s1. The molecule has 1 unspecified atom stereocenters. The second kappa shape index (κ2) is 3.40. The lowest BCUT2D eigenvalue weighted by molar-refractivity contribution is -0.142. The summed E-state index contributed by atoms with van der Waals surface area (Å²) in [6.45, 7) is 2.00. The normalized spacial score (nSPS) is 24.4. The number of aromatic nitrogens is 1. The minimum Gasteiger partial charge on any atom is -0.469 e. The van der Waals surface area contributed by atoms with Crippen LogP contribution in [0.2, 0.25) is 0 Å². The van der Waals surface area contributed by atoms with Gasteiger partial charge in [0.25, 0.3) is 0 Å². The number of hydrogen-bond acceptors (Lipinski definition) is 3. The Morgan fingerprint density at radius 1 is 1.57 bits per heavy atom. The Morgan fingerprint density at radius 2 is 2.36 bits per heavy atom. The molecule has 1 fully saturated rings. The first-order chi connectivity index (χ1) is 6.72. The number of esters is 1. The lowest BCUT2D eigenvalue weighted by Crippen LogP contribution is -2.04. The Hall–Kier alpha value is -1.38. The predicted octanol–water partition coefficient (Wildman–Crippen LogP) is 1.67. The van der Waals surface area contributed by atoms with E-state index < -0.39 is 0 Å². The summed E-state index contributed by atoms with van der Waals surface area (Å²) >= 11 is 0. The highest BCUT2D eigenvalue weighted by Gasteiger charge is 2.45. The van der Waals surface area contributed by atoms with Crippen LogP contribution in [0, 0.1) is 12.8 Å². The van der Waals surface area contributed by atoms with E-state index in [2.05, 4.69) is 9.72 Å². The molecule has 1 aliphatic carbocycles. The molecular formula is C11H13NO2. The van der Waals surface area contributed by atoms with Gasteiger partial charge in [0.2, 0.25) is 0 Å². The molecule has 0 radical (unpaired) electrons. The molecule has 0 N–H and O–H groups in total. The summed E-state index contributed by atoms with van der Waals surface area (Å²) in [5, 5.41) is 0. The lowest BCUT2D eigenvalue weighted by atomic mass is 10.2. The smallest absolute Gasteiger partial charge is 0.309 e. The van der Waals surface area contributed by atoms with Crippen LogP contribution in [-0.4, -0.2) is 18.1 Å². The molecule has 2 rings (SSSR count). The average molecular weight is 191 g/mol. The van der Waals surface area contributed by atoms with Crippen molar-refractivity contribution in [1.29, 1.82) is 0 Å². The van der Waals surface area contributed by atoms with Crippen molar-refractivity contribution < 1.29 is 9.53 Å². The van der Waals surface area contributed by atoms with E-state index in [0.29, 0.717) is 0 Å². The molecule has 1 aliphatic rings. The summed E-state index contributed by atoms with van der Waals surface area (Å²) in [6, 6.07) is 4.01. The van der Waals surface area contributed by atoms with Crippen LogP contribution in [0.1, 0.15) is 23.6 Å². The molecule has 1 aromatic heterocycles. The molecule has 1 heterocycles. The van der Waals surface area contributed by atoms with Crippen LogP contribution < -0.4 is 0 Å². The summed E-state index contributed by atoms with van der Waals surface area (Å²) < 4.78 is 4.68. The van der Waals surface area contributed by atoms with E-state index >= 15 is 0 Å². The topological polar surface area (TPSA) is 39.2 Å². The molecule has 0 aromatic carbocycles. The maximum atomic E-state index is 11.2. The lowest BCUT2D eigenvalue weighted by Gasteiger charge is -1.99. The van der Waals surface area contributed by atoms with Gasteiger partial charge in [0, 0.05) is 17.8 Å². The van der Waals surface area contributed by atoms with E-state index in [1.807, 2.05) is 25.3 Å². The molecule has 2 atom stereocenters. The number of rotatable bonds is 2. The van der Waals surface area contributed by atoms with E-state index in [1.54, 1.807) is 0 Å². The summed E-state index contributed by atoms with van der Waals surface area (Å²) in [4.78, 5) is 15.5. The van der Waals surface area contributed by atoms with Crippen LogP contribution in [0.25, 0.3) is 0 Å². The molecule has 0 spiro atoms. The van der Waals surface area contributed by atoms with Gasteiger partial charge >= 0.3 is 5.97 Å². The van der Waals surface area contributed by atoms with Gasteiger partial charge in [-0.15, -0.1) is 0 Å². The quantitative estimate of drug-likeness (QED) is 0.667. The first-order valence-electron chi connectivity index (χ1n) is 4.72.